The molecule has 0 spiro atoms. The molecule has 6 nitrogen and oxygen atoms in total. The van der Waals surface area contributed by atoms with Crippen LogP contribution in [-0.4, -0.2) is 25.7 Å². The Morgan fingerprint density at radius 1 is 1.23 bits per heavy atom. The third-order valence-corrected chi connectivity index (χ3v) is 5.67. The van der Waals surface area contributed by atoms with E-state index in [0.29, 0.717) is 5.69 Å². The molecule has 0 saturated heterocycles. The molecule has 30 heavy (non-hydrogen) atoms. The topological polar surface area (TPSA) is 72.7 Å². The van der Waals surface area contributed by atoms with Crippen LogP contribution in [0, 0.1) is 19.7 Å². The smallest absolute Gasteiger partial charge is 0.251 e. The Labute approximate surface area is 177 Å². The van der Waals surface area contributed by atoms with Crippen molar-refractivity contribution in [2.45, 2.75) is 26.8 Å². The number of benzene rings is 1. The average molecular weight is 422 g/mol. The number of hydrogen-bond donors (Lipinski definition) is 1. The quantitative estimate of drug-likeness (QED) is 0.510. The maximum absolute atomic E-state index is 14.7. The minimum atomic E-state index is -0.505. The van der Waals surface area contributed by atoms with Crippen LogP contribution >= 0.6 is 11.3 Å². The van der Waals surface area contributed by atoms with Crippen LogP contribution in [0.25, 0.3) is 16.9 Å². The fourth-order valence-corrected chi connectivity index (χ4v) is 4.00. The third kappa shape index (κ3) is 3.99. The normalized spacial score (nSPS) is 12.0. The summed E-state index contributed by atoms with van der Waals surface area (Å²) in [5.41, 5.74) is 3.91. The minimum absolute atomic E-state index is 0.244. The van der Waals surface area contributed by atoms with Crippen LogP contribution in [0.5, 0.6) is 0 Å². The molecule has 1 amide bonds. The second-order valence-electron chi connectivity index (χ2n) is 7.01. The van der Waals surface area contributed by atoms with Gasteiger partial charge in [0.15, 0.2) is 0 Å². The molecule has 0 aliphatic heterocycles. The van der Waals surface area contributed by atoms with Gasteiger partial charge in [-0.3, -0.25) is 9.78 Å². The van der Waals surface area contributed by atoms with Crippen molar-refractivity contribution in [1.82, 2.24) is 25.1 Å². The molecule has 3 heterocycles. The fraction of sp³-hybridized carbons (Fsp3) is 0.182. The van der Waals surface area contributed by atoms with Crippen molar-refractivity contribution in [3.8, 4) is 16.9 Å². The molecule has 0 aliphatic rings. The Bertz CT molecular complexity index is 1200. The molecule has 1 unspecified atom stereocenters. The lowest BCUT2D eigenvalue weighted by Gasteiger charge is -2.12. The van der Waals surface area contributed by atoms with E-state index < -0.39 is 5.82 Å². The van der Waals surface area contributed by atoms with Gasteiger partial charge >= 0.3 is 0 Å². The number of carbonyl (C=O) groups is 1. The van der Waals surface area contributed by atoms with Gasteiger partial charge < -0.3 is 5.32 Å². The van der Waals surface area contributed by atoms with E-state index in [1.807, 2.05) is 44.4 Å². The number of pyridine rings is 1. The molecule has 152 valence electrons. The molecule has 0 aliphatic carbocycles. The second-order valence-corrected chi connectivity index (χ2v) is 7.90. The summed E-state index contributed by atoms with van der Waals surface area (Å²) >= 11 is 1.46. The van der Waals surface area contributed by atoms with Gasteiger partial charge in [0.1, 0.15) is 16.5 Å². The van der Waals surface area contributed by atoms with Crippen LogP contribution in [-0.2, 0) is 0 Å². The first-order valence-electron chi connectivity index (χ1n) is 9.42. The Morgan fingerprint density at radius 3 is 2.73 bits per heavy atom. The van der Waals surface area contributed by atoms with E-state index in [9.17, 15) is 9.18 Å². The van der Waals surface area contributed by atoms with E-state index in [1.54, 1.807) is 24.5 Å². The van der Waals surface area contributed by atoms with Crippen molar-refractivity contribution in [1.29, 1.82) is 0 Å². The monoisotopic (exact) mass is 421 g/mol. The average Bonchev–Trinajstić information content (AvgIpc) is 3.35. The first-order valence-corrected chi connectivity index (χ1v) is 10.3. The molecule has 1 N–H and O–H groups in total. The van der Waals surface area contributed by atoms with Crippen LogP contribution in [0.1, 0.15) is 39.7 Å². The first-order chi connectivity index (χ1) is 14.4. The highest BCUT2D eigenvalue weighted by Crippen LogP contribution is 2.25. The van der Waals surface area contributed by atoms with Crippen molar-refractivity contribution in [2.75, 3.05) is 0 Å². The van der Waals surface area contributed by atoms with E-state index in [4.69, 9.17) is 0 Å². The van der Waals surface area contributed by atoms with Crippen molar-refractivity contribution < 1.29 is 9.18 Å². The Balaban J connectivity index is 1.49. The zero-order valence-electron chi connectivity index (χ0n) is 16.8. The molecule has 0 saturated carbocycles. The molecule has 8 heteroatoms. The van der Waals surface area contributed by atoms with E-state index >= 15 is 0 Å². The number of aryl methyl sites for hydroxylation is 2. The maximum atomic E-state index is 14.7. The van der Waals surface area contributed by atoms with E-state index in [-0.39, 0.29) is 17.5 Å². The first kappa shape index (κ1) is 19.9. The lowest BCUT2D eigenvalue weighted by atomic mass is 10.1. The standard InChI is InChI=1S/C22H20FN5OS/c1-13-9-14(2)28(27-13)20-7-6-16(10-18(20)23)21(29)25-15(3)22-26-19(12-30-22)17-5-4-8-24-11-17/h4-12,15H,1-3H3,(H,25,29). The number of halogens is 1. The number of amides is 1. The van der Waals surface area contributed by atoms with Crippen LogP contribution < -0.4 is 5.32 Å². The number of hydrogen-bond acceptors (Lipinski definition) is 5. The summed E-state index contributed by atoms with van der Waals surface area (Å²) in [4.78, 5) is 21.3. The van der Waals surface area contributed by atoms with Crippen LogP contribution in [0.4, 0.5) is 4.39 Å². The summed E-state index contributed by atoms with van der Waals surface area (Å²) in [6.07, 6.45) is 3.45. The lowest BCUT2D eigenvalue weighted by Crippen LogP contribution is -2.26. The zero-order chi connectivity index (χ0) is 21.3. The molecular weight excluding hydrogens is 401 g/mol. The van der Waals surface area contributed by atoms with Crippen LogP contribution in [0.2, 0.25) is 0 Å². The zero-order valence-corrected chi connectivity index (χ0v) is 17.6. The molecule has 0 bridgehead atoms. The highest BCUT2D eigenvalue weighted by molar-refractivity contribution is 7.10. The largest absolute Gasteiger partial charge is 0.343 e. The summed E-state index contributed by atoms with van der Waals surface area (Å²) in [6.45, 7) is 5.56. The van der Waals surface area contributed by atoms with Gasteiger partial charge in [0.25, 0.3) is 5.91 Å². The van der Waals surface area contributed by atoms with Crippen molar-refractivity contribution >= 4 is 17.2 Å². The van der Waals surface area contributed by atoms with Gasteiger partial charge in [0.2, 0.25) is 0 Å². The van der Waals surface area contributed by atoms with Crippen molar-refractivity contribution in [3.63, 3.8) is 0 Å². The van der Waals surface area contributed by atoms with Gasteiger partial charge in [0.05, 0.1) is 17.4 Å². The molecule has 4 rings (SSSR count). The van der Waals surface area contributed by atoms with Gasteiger partial charge in [-0.1, -0.05) is 0 Å². The number of carbonyl (C=O) groups excluding carboxylic acids is 1. The molecular formula is C22H20FN5OS. The number of thiazole rings is 1. The summed E-state index contributed by atoms with van der Waals surface area (Å²) in [7, 11) is 0. The molecule has 1 atom stereocenters. The van der Waals surface area contributed by atoms with Gasteiger partial charge in [0, 0.05) is 34.6 Å². The maximum Gasteiger partial charge on any atom is 0.251 e. The molecule has 4 aromatic rings. The Hall–Kier alpha value is -3.39. The van der Waals surface area contributed by atoms with Gasteiger partial charge in [-0.15, -0.1) is 11.3 Å². The van der Waals surface area contributed by atoms with Gasteiger partial charge in [-0.25, -0.2) is 14.1 Å². The number of nitrogens with zero attached hydrogens (tertiary/aromatic N) is 4. The fourth-order valence-electron chi connectivity index (χ4n) is 3.17. The van der Waals surface area contributed by atoms with Crippen LogP contribution in [0.3, 0.4) is 0 Å². The minimum Gasteiger partial charge on any atom is -0.343 e. The van der Waals surface area contributed by atoms with Crippen LogP contribution in [0.15, 0.2) is 54.2 Å². The number of aromatic nitrogens is 4. The number of rotatable bonds is 5. The van der Waals surface area contributed by atoms with Crippen molar-refractivity contribution in [2.24, 2.45) is 0 Å². The highest BCUT2D eigenvalue weighted by atomic mass is 32.1. The van der Waals surface area contributed by atoms with Gasteiger partial charge in [-0.05, 0) is 57.2 Å². The predicted molar refractivity (Wildman–Crippen MR) is 114 cm³/mol. The summed E-state index contributed by atoms with van der Waals surface area (Å²) < 4.78 is 16.2. The van der Waals surface area contributed by atoms with E-state index in [2.05, 4.69) is 20.4 Å². The molecule has 1 aromatic carbocycles. The third-order valence-electron chi connectivity index (χ3n) is 4.64. The molecule has 0 radical (unpaired) electrons. The van der Waals surface area contributed by atoms with E-state index in [1.165, 1.54) is 22.1 Å². The lowest BCUT2D eigenvalue weighted by molar-refractivity contribution is 0.0939. The Morgan fingerprint density at radius 2 is 2.07 bits per heavy atom. The molecule has 0 fully saturated rings. The van der Waals surface area contributed by atoms with Crippen molar-refractivity contribution in [3.05, 3.63) is 81.9 Å². The second kappa shape index (κ2) is 8.16. The molecule has 3 aromatic heterocycles. The number of nitrogens with one attached hydrogen (secondary N) is 1. The SMILES string of the molecule is Cc1cc(C)n(-c2ccc(C(=O)NC(C)c3nc(-c4cccnc4)cs3)cc2F)n1. The van der Waals surface area contributed by atoms with Gasteiger partial charge in [-0.2, -0.15) is 5.10 Å². The highest BCUT2D eigenvalue weighted by Gasteiger charge is 2.17. The summed E-state index contributed by atoms with van der Waals surface area (Å²) in [5, 5.41) is 9.87. The van der Waals surface area contributed by atoms with E-state index in [0.717, 1.165) is 27.7 Å². The summed E-state index contributed by atoms with van der Waals surface area (Å²) in [6, 6.07) is 9.74. The summed E-state index contributed by atoms with van der Waals surface area (Å²) in [5.74, 6) is -0.867. The Kier molecular flexibility index (Phi) is 5.41. The predicted octanol–water partition coefficient (Wildman–Crippen LogP) is 4.64.